The number of anilines is 1. The second-order valence-electron chi connectivity index (χ2n) is 6.08. The van der Waals surface area contributed by atoms with Gasteiger partial charge in [0.25, 0.3) is 5.91 Å². The number of ether oxygens (including phenoxy) is 2. The molecule has 25 heavy (non-hydrogen) atoms. The van der Waals surface area contributed by atoms with Crippen molar-refractivity contribution in [3.05, 3.63) is 41.8 Å². The van der Waals surface area contributed by atoms with Crippen LogP contribution in [0.2, 0.25) is 0 Å². The maximum Gasteiger partial charge on any atom is 0.347 e. The summed E-state index contributed by atoms with van der Waals surface area (Å²) in [6, 6.07) is 8.94. The lowest BCUT2D eigenvalue weighted by molar-refractivity contribution is -0.146. The third-order valence-electron chi connectivity index (χ3n) is 3.81. The molecule has 1 heterocycles. The molecule has 0 unspecified atom stereocenters. The topological polar surface area (TPSA) is 93.7 Å². The molecule has 0 aliphatic carbocycles. The van der Waals surface area contributed by atoms with E-state index in [0.717, 1.165) is 0 Å². The SMILES string of the molecule is CC(C)[C@H](C)NC(=O)COC(=O)C1=C(Nc2ccccc2)OCC1=O. The number of benzene rings is 1. The van der Waals surface area contributed by atoms with Crippen LogP contribution in [0.4, 0.5) is 5.69 Å². The van der Waals surface area contributed by atoms with Crippen LogP contribution in [-0.4, -0.2) is 36.9 Å². The van der Waals surface area contributed by atoms with E-state index >= 15 is 0 Å². The number of Topliss-reactive ketones (excluding diaryl/α,β-unsaturated/α-hetero) is 1. The van der Waals surface area contributed by atoms with E-state index in [0.29, 0.717) is 5.69 Å². The third-order valence-corrected chi connectivity index (χ3v) is 3.81. The molecule has 0 saturated carbocycles. The van der Waals surface area contributed by atoms with Gasteiger partial charge < -0.3 is 20.1 Å². The van der Waals surface area contributed by atoms with E-state index in [1.165, 1.54) is 0 Å². The summed E-state index contributed by atoms with van der Waals surface area (Å²) in [7, 11) is 0. The molecule has 1 aromatic carbocycles. The van der Waals surface area contributed by atoms with E-state index in [2.05, 4.69) is 10.6 Å². The van der Waals surface area contributed by atoms with Crippen molar-refractivity contribution in [1.29, 1.82) is 0 Å². The van der Waals surface area contributed by atoms with E-state index in [1.807, 2.05) is 26.8 Å². The van der Waals surface area contributed by atoms with Crippen LogP contribution in [0.1, 0.15) is 20.8 Å². The largest absolute Gasteiger partial charge is 0.470 e. The van der Waals surface area contributed by atoms with E-state index in [-0.39, 0.29) is 30.0 Å². The van der Waals surface area contributed by atoms with Crippen molar-refractivity contribution in [3.63, 3.8) is 0 Å². The number of esters is 1. The molecule has 0 saturated heterocycles. The summed E-state index contributed by atoms with van der Waals surface area (Å²) in [5, 5.41) is 5.60. The first-order valence-electron chi connectivity index (χ1n) is 8.07. The van der Waals surface area contributed by atoms with Crippen molar-refractivity contribution >= 4 is 23.3 Å². The Labute approximate surface area is 146 Å². The molecule has 0 bridgehead atoms. The fourth-order valence-corrected chi connectivity index (χ4v) is 2.03. The minimum atomic E-state index is -0.881. The molecule has 0 aromatic heterocycles. The van der Waals surface area contributed by atoms with Crippen molar-refractivity contribution < 1.29 is 23.9 Å². The van der Waals surface area contributed by atoms with E-state index in [4.69, 9.17) is 9.47 Å². The second-order valence-corrected chi connectivity index (χ2v) is 6.08. The Balaban J connectivity index is 1.99. The summed E-state index contributed by atoms with van der Waals surface area (Å²) < 4.78 is 10.2. The van der Waals surface area contributed by atoms with Gasteiger partial charge in [-0.1, -0.05) is 32.0 Å². The summed E-state index contributed by atoms with van der Waals surface area (Å²) in [5.41, 5.74) is 0.453. The number of amides is 1. The van der Waals surface area contributed by atoms with Crippen LogP contribution in [-0.2, 0) is 23.9 Å². The summed E-state index contributed by atoms with van der Waals surface area (Å²) in [6.45, 7) is 5.11. The van der Waals surface area contributed by atoms with Gasteiger partial charge in [0.15, 0.2) is 18.8 Å². The highest BCUT2D eigenvalue weighted by atomic mass is 16.5. The predicted octanol–water partition coefficient (Wildman–Crippen LogP) is 1.61. The minimum absolute atomic E-state index is 0.0390. The van der Waals surface area contributed by atoms with Gasteiger partial charge in [0.05, 0.1) is 0 Å². The highest BCUT2D eigenvalue weighted by molar-refractivity contribution is 6.20. The van der Waals surface area contributed by atoms with Crippen molar-refractivity contribution in [2.75, 3.05) is 18.5 Å². The molecule has 1 aliphatic heterocycles. The fourth-order valence-electron chi connectivity index (χ4n) is 2.03. The molecule has 1 aliphatic rings. The smallest absolute Gasteiger partial charge is 0.347 e. The Morgan fingerprint density at radius 2 is 1.88 bits per heavy atom. The summed E-state index contributed by atoms with van der Waals surface area (Å²) in [4.78, 5) is 35.9. The number of hydrogen-bond donors (Lipinski definition) is 2. The highest BCUT2D eigenvalue weighted by Crippen LogP contribution is 2.20. The minimum Gasteiger partial charge on any atom is -0.470 e. The Bertz CT molecular complexity index is 682. The van der Waals surface area contributed by atoms with Crippen LogP contribution < -0.4 is 10.6 Å². The Kier molecular flexibility index (Phi) is 6.16. The molecule has 7 heteroatoms. The first-order chi connectivity index (χ1) is 11.9. The number of para-hydroxylation sites is 1. The molecular weight excluding hydrogens is 324 g/mol. The number of carbonyl (C=O) groups is 3. The number of ketones is 1. The van der Waals surface area contributed by atoms with Gasteiger partial charge in [0, 0.05) is 11.7 Å². The lowest BCUT2D eigenvalue weighted by atomic mass is 10.1. The molecule has 0 radical (unpaired) electrons. The van der Waals surface area contributed by atoms with Gasteiger partial charge in [-0.2, -0.15) is 0 Å². The van der Waals surface area contributed by atoms with Crippen LogP contribution in [0, 0.1) is 5.92 Å². The van der Waals surface area contributed by atoms with Gasteiger partial charge >= 0.3 is 5.97 Å². The number of rotatable bonds is 7. The number of hydrogen-bond acceptors (Lipinski definition) is 6. The molecule has 0 spiro atoms. The van der Waals surface area contributed by atoms with Crippen LogP contribution in [0.3, 0.4) is 0 Å². The van der Waals surface area contributed by atoms with Crippen molar-refractivity contribution in [2.45, 2.75) is 26.8 Å². The van der Waals surface area contributed by atoms with Gasteiger partial charge in [-0.05, 0) is 25.0 Å². The summed E-state index contributed by atoms with van der Waals surface area (Å²) >= 11 is 0. The molecule has 1 amide bonds. The monoisotopic (exact) mass is 346 g/mol. The van der Waals surface area contributed by atoms with E-state index in [9.17, 15) is 14.4 Å². The van der Waals surface area contributed by atoms with Crippen molar-refractivity contribution in [2.24, 2.45) is 5.92 Å². The lowest BCUT2D eigenvalue weighted by Crippen LogP contribution is -2.39. The zero-order valence-electron chi connectivity index (χ0n) is 14.5. The standard InChI is InChI=1S/C18H22N2O5/c1-11(2)12(3)19-15(22)10-25-18(23)16-14(21)9-24-17(16)20-13-7-5-4-6-8-13/h4-8,11-12,20H,9-10H2,1-3H3,(H,19,22)/t12-/m0/s1. The molecule has 1 atom stereocenters. The zero-order chi connectivity index (χ0) is 18.4. The first-order valence-corrected chi connectivity index (χ1v) is 8.07. The number of nitrogens with one attached hydrogen (secondary N) is 2. The average Bonchev–Trinajstić information content (AvgIpc) is 2.94. The zero-order valence-corrected chi connectivity index (χ0v) is 14.5. The van der Waals surface area contributed by atoms with E-state index in [1.54, 1.807) is 24.3 Å². The van der Waals surface area contributed by atoms with Crippen molar-refractivity contribution in [1.82, 2.24) is 5.32 Å². The highest BCUT2D eigenvalue weighted by Gasteiger charge is 2.32. The molecule has 2 rings (SSSR count). The van der Waals surface area contributed by atoms with Crippen LogP contribution in [0.25, 0.3) is 0 Å². The normalized spacial score (nSPS) is 15.0. The third kappa shape index (κ3) is 5.07. The quantitative estimate of drug-likeness (QED) is 0.575. The lowest BCUT2D eigenvalue weighted by Gasteiger charge is -2.17. The van der Waals surface area contributed by atoms with Gasteiger partial charge in [0.1, 0.15) is 0 Å². The number of carbonyl (C=O) groups excluding carboxylic acids is 3. The Morgan fingerprint density at radius 3 is 2.52 bits per heavy atom. The fraction of sp³-hybridized carbons (Fsp3) is 0.389. The average molecular weight is 346 g/mol. The summed E-state index contributed by atoms with van der Waals surface area (Å²) in [6.07, 6.45) is 0. The Hall–Kier alpha value is -2.83. The molecule has 134 valence electrons. The van der Waals surface area contributed by atoms with Gasteiger partial charge in [-0.25, -0.2) is 4.79 Å². The molecule has 2 N–H and O–H groups in total. The van der Waals surface area contributed by atoms with Crippen molar-refractivity contribution in [3.8, 4) is 0 Å². The van der Waals surface area contributed by atoms with Gasteiger partial charge in [-0.3, -0.25) is 9.59 Å². The molecule has 0 fully saturated rings. The van der Waals surface area contributed by atoms with Crippen LogP contribution in [0.5, 0.6) is 0 Å². The van der Waals surface area contributed by atoms with Gasteiger partial charge in [-0.15, -0.1) is 0 Å². The first kappa shape index (κ1) is 18.5. The molecule has 7 nitrogen and oxygen atoms in total. The maximum absolute atomic E-state index is 12.2. The maximum atomic E-state index is 12.2. The van der Waals surface area contributed by atoms with Crippen LogP contribution >= 0.6 is 0 Å². The molecular formula is C18H22N2O5. The van der Waals surface area contributed by atoms with Crippen LogP contribution in [0.15, 0.2) is 41.8 Å². The predicted molar refractivity (Wildman–Crippen MR) is 91.5 cm³/mol. The summed E-state index contributed by atoms with van der Waals surface area (Å²) in [5.74, 6) is -1.49. The Morgan fingerprint density at radius 1 is 1.20 bits per heavy atom. The second kappa shape index (κ2) is 8.32. The van der Waals surface area contributed by atoms with E-state index < -0.39 is 24.3 Å². The van der Waals surface area contributed by atoms with Gasteiger partial charge in [0.2, 0.25) is 11.7 Å². The molecule has 1 aromatic rings.